The number of carbonyl (C=O) groups is 1. The third kappa shape index (κ3) is 7.99. The summed E-state index contributed by atoms with van der Waals surface area (Å²) >= 11 is 0. The van der Waals surface area contributed by atoms with E-state index in [1.54, 1.807) is 0 Å². The first-order valence-electron chi connectivity index (χ1n) is 8.81. The molecule has 1 unspecified atom stereocenters. The van der Waals surface area contributed by atoms with Gasteiger partial charge in [-0.25, -0.2) is 4.79 Å². The van der Waals surface area contributed by atoms with Gasteiger partial charge in [0.25, 0.3) is 0 Å². The molecule has 1 heterocycles. The topological polar surface area (TPSA) is 60.0 Å². The Bertz CT molecular complexity index is 338. The lowest BCUT2D eigenvalue weighted by Crippen LogP contribution is -2.51. The average Bonchev–Trinajstić information content (AvgIpc) is 2.46. The van der Waals surface area contributed by atoms with Crippen LogP contribution >= 0.6 is 0 Å². The Morgan fingerprint density at radius 2 is 1.87 bits per heavy atom. The van der Waals surface area contributed by atoms with E-state index in [1.807, 2.05) is 39.5 Å². The third-order valence-corrected chi connectivity index (χ3v) is 3.65. The zero-order valence-corrected chi connectivity index (χ0v) is 15.4. The zero-order valence-electron chi connectivity index (χ0n) is 15.4. The molecule has 0 aliphatic carbocycles. The number of ether oxygens (including phenoxy) is 3. The summed E-state index contributed by atoms with van der Waals surface area (Å²) in [4.78, 5) is 14.2. The second-order valence-electron chi connectivity index (χ2n) is 6.82. The van der Waals surface area contributed by atoms with Crippen LogP contribution in [0.3, 0.4) is 0 Å². The van der Waals surface area contributed by atoms with Crippen LogP contribution in [0.5, 0.6) is 0 Å². The number of rotatable bonds is 8. The van der Waals surface area contributed by atoms with E-state index in [4.69, 9.17) is 14.2 Å². The van der Waals surface area contributed by atoms with Gasteiger partial charge in [0.1, 0.15) is 5.60 Å². The van der Waals surface area contributed by atoms with Crippen molar-refractivity contribution in [3.8, 4) is 0 Å². The summed E-state index contributed by atoms with van der Waals surface area (Å²) < 4.78 is 16.6. The fourth-order valence-corrected chi connectivity index (χ4v) is 2.68. The van der Waals surface area contributed by atoms with E-state index in [2.05, 4.69) is 5.32 Å². The molecule has 0 aromatic rings. The fraction of sp³-hybridized carbons (Fsp3) is 0.941. The Balaban J connectivity index is 2.46. The minimum absolute atomic E-state index is 0.169. The summed E-state index contributed by atoms with van der Waals surface area (Å²) in [6, 6.07) is 0.169. The maximum absolute atomic E-state index is 12.4. The lowest BCUT2D eigenvalue weighted by atomic mass is 10.0. The summed E-state index contributed by atoms with van der Waals surface area (Å²) in [6.45, 7) is 13.0. The maximum atomic E-state index is 12.4. The fourth-order valence-electron chi connectivity index (χ4n) is 2.68. The van der Waals surface area contributed by atoms with Crippen molar-refractivity contribution in [2.75, 3.05) is 32.8 Å². The number of amides is 1. The average molecular weight is 330 g/mol. The number of carbonyl (C=O) groups excluding carboxylic acids is 1. The number of hydrogen-bond acceptors (Lipinski definition) is 5. The third-order valence-electron chi connectivity index (χ3n) is 3.65. The Labute approximate surface area is 140 Å². The van der Waals surface area contributed by atoms with Crippen molar-refractivity contribution in [3.05, 3.63) is 0 Å². The van der Waals surface area contributed by atoms with Crippen molar-refractivity contribution in [1.82, 2.24) is 10.2 Å². The summed E-state index contributed by atoms with van der Waals surface area (Å²) in [5.74, 6) is 0. The Morgan fingerprint density at radius 1 is 1.22 bits per heavy atom. The van der Waals surface area contributed by atoms with Gasteiger partial charge in [-0.05, 0) is 53.9 Å². The molecule has 6 nitrogen and oxygen atoms in total. The number of likely N-dealkylation sites (tertiary alicyclic amines) is 1. The molecule has 1 amide bonds. The van der Waals surface area contributed by atoms with Crippen LogP contribution < -0.4 is 5.32 Å². The van der Waals surface area contributed by atoms with Gasteiger partial charge in [0, 0.05) is 38.9 Å². The van der Waals surface area contributed by atoms with Crippen LogP contribution in [0.25, 0.3) is 0 Å². The molecular formula is C17H34N2O4. The number of nitrogens with one attached hydrogen (secondary N) is 1. The lowest BCUT2D eigenvalue weighted by Gasteiger charge is -2.37. The predicted molar refractivity (Wildman–Crippen MR) is 90.5 cm³/mol. The zero-order chi connectivity index (χ0) is 17.3. The minimum atomic E-state index is -0.457. The van der Waals surface area contributed by atoms with Crippen LogP contribution in [-0.4, -0.2) is 61.8 Å². The lowest BCUT2D eigenvalue weighted by molar-refractivity contribution is -0.133. The molecule has 0 aromatic carbocycles. The highest BCUT2D eigenvalue weighted by atomic mass is 16.7. The molecule has 1 rings (SSSR count). The number of piperidine rings is 1. The van der Waals surface area contributed by atoms with Gasteiger partial charge in [-0.3, -0.25) is 0 Å². The largest absolute Gasteiger partial charge is 0.444 e. The van der Waals surface area contributed by atoms with E-state index in [-0.39, 0.29) is 18.4 Å². The Morgan fingerprint density at radius 3 is 2.43 bits per heavy atom. The number of hydrogen-bond donors (Lipinski definition) is 1. The second kappa shape index (κ2) is 10.1. The summed E-state index contributed by atoms with van der Waals surface area (Å²) in [7, 11) is 0. The Hall–Kier alpha value is -0.850. The van der Waals surface area contributed by atoms with Crippen LogP contribution in [0.4, 0.5) is 4.79 Å². The molecule has 6 heteroatoms. The maximum Gasteiger partial charge on any atom is 0.410 e. The first-order valence-corrected chi connectivity index (χ1v) is 8.81. The van der Waals surface area contributed by atoms with Crippen molar-refractivity contribution in [1.29, 1.82) is 0 Å². The van der Waals surface area contributed by atoms with Crippen molar-refractivity contribution < 1.29 is 19.0 Å². The summed E-state index contributed by atoms with van der Waals surface area (Å²) in [6.07, 6.45) is 2.74. The number of nitrogens with zero attached hydrogens (tertiary/aromatic N) is 1. The Kier molecular flexibility index (Phi) is 8.87. The molecular weight excluding hydrogens is 296 g/mol. The van der Waals surface area contributed by atoms with Crippen molar-refractivity contribution >= 4 is 6.09 Å². The van der Waals surface area contributed by atoms with Gasteiger partial charge >= 0.3 is 6.09 Å². The molecule has 1 fully saturated rings. The van der Waals surface area contributed by atoms with Crippen LogP contribution in [0, 0.1) is 0 Å². The van der Waals surface area contributed by atoms with E-state index in [1.165, 1.54) is 0 Å². The van der Waals surface area contributed by atoms with Crippen LogP contribution in [0.15, 0.2) is 0 Å². The van der Waals surface area contributed by atoms with Gasteiger partial charge in [0.2, 0.25) is 0 Å². The molecule has 0 bridgehead atoms. The SMILES string of the molecule is CCOC(CNCC1CCCCN1C(=O)OC(C)(C)C)OCC. The molecule has 1 aliphatic rings. The molecule has 0 aromatic heterocycles. The molecule has 1 N–H and O–H groups in total. The highest BCUT2D eigenvalue weighted by Gasteiger charge is 2.30. The second-order valence-corrected chi connectivity index (χ2v) is 6.82. The van der Waals surface area contributed by atoms with Gasteiger partial charge in [-0.1, -0.05) is 0 Å². The standard InChI is InChI=1S/C17H34N2O4/c1-6-21-15(22-7-2)13-18-12-14-10-8-9-11-19(14)16(20)23-17(3,4)5/h14-15,18H,6-13H2,1-5H3. The van der Waals surface area contributed by atoms with E-state index in [9.17, 15) is 4.79 Å². The molecule has 23 heavy (non-hydrogen) atoms. The summed E-state index contributed by atoms with van der Waals surface area (Å²) in [5.41, 5.74) is -0.457. The van der Waals surface area contributed by atoms with E-state index >= 15 is 0 Å². The van der Waals surface area contributed by atoms with Crippen molar-refractivity contribution in [2.24, 2.45) is 0 Å². The normalized spacial score (nSPS) is 19.2. The molecule has 0 spiro atoms. The van der Waals surface area contributed by atoms with Gasteiger partial charge < -0.3 is 24.4 Å². The van der Waals surface area contributed by atoms with Gasteiger partial charge in [-0.2, -0.15) is 0 Å². The van der Waals surface area contributed by atoms with E-state index in [0.29, 0.717) is 19.8 Å². The predicted octanol–water partition coefficient (Wildman–Crippen LogP) is 2.76. The molecule has 1 aliphatic heterocycles. The van der Waals surface area contributed by atoms with Gasteiger partial charge in [-0.15, -0.1) is 0 Å². The highest BCUT2D eigenvalue weighted by molar-refractivity contribution is 5.68. The molecule has 0 radical (unpaired) electrons. The van der Waals surface area contributed by atoms with E-state index in [0.717, 1.165) is 32.4 Å². The molecule has 0 saturated carbocycles. The molecule has 1 atom stereocenters. The first kappa shape index (κ1) is 20.2. The van der Waals surface area contributed by atoms with Crippen molar-refractivity contribution in [2.45, 2.75) is 71.8 Å². The van der Waals surface area contributed by atoms with Crippen LogP contribution in [-0.2, 0) is 14.2 Å². The quantitative estimate of drug-likeness (QED) is 0.694. The smallest absolute Gasteiger partial charge is 0.410 e. The van der Waals surface area contributed by atoms with E-state index < -0.39 is 5.60 Å². The van der Waals surface area contributed by atoms with Gasteiger partial charge in [0.05, 0.1) is 0 Å². The van der Waals surface area contributed by atoms with Crippen LogP contribution in [0.1, 0.15) is 53.9 Å². The van der Waals surface area contributed by atoms with Gasteiger partial charge in [0.15, 0.2) is 6.29 Å². The van der Waals surface area contributed by atoms with Crippen molar-refractivity contribution in [3.63, 3.8) is 0 Å². The molecule has 136 valence electrons. The summed E-state index contributed by atoms with van der Waals surface area (Å²) in [5, 5.41) is 3.37. The molecule has 1 saturated heterocycles. The first-order chi connectivity index (χ1) is 10.9. The highest BCUT2D eigenvalue weighted by Crippen LogP contribution is 2.20. The van der Waals surface area contributed by atoms with Crippen LogP contribution in [0.2, 0.25) is 0 Å². The minimum Gasteiger partial charge on any atom is -0.444 e. The monoisotopic (exact) mass is 330 g/mol.